The summed E-state index contributed by atoms with van der Waals surface area (Å²) >= 11 is 0. The second-order valence-corrected chi connectivity index (χ2v) is 5.20. The van der Waals surface area contributed by atoms with Crippen LogP contribution < -0.4 is 5.32 Å². The second-order valence-electron chi connectivity index (χ2n) is 5.20. The molecular formula is C18H15FN2O2. The quantitative estimate of drug-likeness (QED) is 0.782. The Bertz CT molecular complexity index is 834. The third-order valence-electron chi connectivity index (χ3n) is 3.50. The van der Waals surface area contributed by atoms with Gasteiger partial charge in [0, 0.05) is 16.8 Å². The van der Waals surface area contributed by atoms with Crippen molar-refractivity contribution in [3.63, 3.8) is 0 Å². The van der Waals surface area contributed by atoms with Gasteiger partial charge in [-0.2, -0.15) is 0 Å². The molecule has 23 heavy (non-hydrogen) atoms. The summed E-state index contributed by atoms with van der Waals surface area (Å²) in [5.74, 6) is 0.596. The van der Waals surface area contributed by atoms with E-state index >= 15 is 0 Å². The van der Waals surface area contributed by atoms with Crippen molar-refractivity contribution in [3.8, 4) is 11.5 Å². The molecular weight excluding hydrogens is 295 g/mol. The Hall–Kier alpha value is -2.95. The third kappa shape index (κ3) is 3.29. The van der Waals surface area contributed by atoms with Crippen molar-refractivity contribution in [2.24, 2.45) is 0 Å². The summed E-state index contributed by atoms with van der Waals surface area (Å²) in [6, 6.07) is 12.6. The molecule has 0 saturated carbocycles. The van der Waals surface area contributed by atoms with E-state index in [1.165, 1.54) is 24.3 Å². The molecule has 0 aliphatic heterocycles. The van der Waals surface area contributed by atoms with Crippen LogP contribution in [-0.4, -0.2) is 10.9 Å². The number of carbonyl (C=O) groups is 1. The van der Waals surface area contributed by atoms with E-state index in [-0.39, 0.29) is 11.7 Å². The average Bonchev–Trinajstić information content (AvgIpc) is 2.88. The number of halogens is 1. The zero-order valence-electron chi connectivity index (χ0n) is 12.8. The number of oxazole rings is 1. The van der Waals surface area contributed by atoms with E-state index in [4.69, 9.17) is 4.42 Å². The van der Waals surface area contributed by atoms with E-state index in [2.05, 4.69) is 10.3 Å². The van der Waals surface area contributed by atoms with Gasteiger partial charge < -0.3 is 9.73 Å². The number of amides is 1. The van der Waals surface area contributed by atoms with Crippen LogP contribution in [0.2, 0.25) is 0 Å². The van der Waals surface area contributed by atoms with Crippen molar-refractivity contribution < 1.29 is 13.6 Å². The molecule has 0 aliphatic rings. The van der Waals surface area contributed by atoms with Crippen LogP contribution in [-0.2, 0) is 0 Å². The summed E-state index contributed by atoms with van der Waals surface area (Å²) in [5.41, 5.74) is 2.61. The van der Waals surface area contributed by atoms with Crippen molar-refractivity contribution in [1.82, 2.24) is 4.98 Å². The standard InChI is InChI=1S/C18H15FN2O2/c1-11-12(2)23-18(20-11)14-4-3-5-16(10-14)21-17(22)13-6-8-15(19)9-7-13/h3-10H,1-2H3,(H,21,22). The van der Waals surface area contributed by atoms with Crippen LogP contribution in [0.5, 0.6) is 0 Å². The lowest BCUT2D eigenvalue weighted by molar-refractivity contribution is 0.102. The van der Waals surface area contributed by atoms with Crippen LogP contribution in [0.1, 0.15) is 21.8 Å². The van der Waals surface area contributed by atoms with Crippen molar-refractivity contribution in [2.45, 2.75) is 13.8 Å². The lowest BCUT2D eigenvalue weighted by atomic mass is 10.1. The van der Waals surface area contributed by atoms with Gasteiger partial charge in [0.05, 0.1) is 5.69 Å². The van der Waals surface area contributed by atoms with Crippen LogP contribution in [0.25, 0.3) is 11.5 Å². The average molecular weight is 310 g/mol. The highest BCUT2D eigenvalue weighted by Gasteiger charge is 2.10. The Morgan fingerprint density at radius 2 is 1.87 bits per heavy atom. The molecule has 5 heteroatoms. The molecule has 0 atom stereocenters. The third-order valence-corrected chi connectivity index (χ3v) is 3.50. The van der Waals surface area contributed by atoms with Crippen LogP contribution in [0, 0.1) is 19.7 Å². The highest BCUT2D eigenvalue weighted by atomic mass is 19.1. The first-order valence-electron chi connectivity index (χ1n) is 7.14. The van der Waals surface area contributed by atoms with Gasteiger partial charge in [0.1, 0.15) is 11.6 Å². The van der Waals surface area contributed by atoms with Crippen LogP contribution >= 0.6 is 0 Å². The minimum absolute atomic E-state index is 0.304. The number of aromatic nitrogens is 1. The van der Waals surface area contributed by atoms with E-state index < -0.39 is 0 Å². The largest absolute Gasteiger partial charge is 0.441 e. The number of hydrogen-bond donors (Lipinski definition) is 1. The topological polar surface area (TPSA) is 55.1 Å². The van der Waals surface area contributed by atoms with E-state index in [9.17, 15) is 9.18 Å². The molecule has 1 N–H and O–H groups in total. The molecule has 1 aromatic heterocycles. The predicted molar refractivity (Wildman–Crippen MR) is 85.8 cm³/mol. The monoisotopic (exact) mass is 310 g/mol. The van der Waals surface area contributed by atoms with Gasteiger partial charge in [-0.05, 0) is 56.3 Å². The van der Waals surface area contributed by atoms with Gasteiger partial charge in [-0.15, -0.1) is 0 Å². The minimum atomic E-state index is -0.377. The minimum Gasteiger partial charge on any atom is -0.441 e. The van der Waals surface area contributed by atoms with Gasteiger partial charge in [0.2, 0.25) is 5.89 Å². The number of rotatable bonds is 3. The Morgan fingerprint density at radius 1 is 1.13 bits per heavy atom. The first-order chi connectivity index (χ1) is 11.0. The molecule has 0 radical (unpaired) electrons. The SMILES string of the molecule is Cc1nc(-c2cccc(NC(=O)c3ccc(F)cc3)c2)oc1C. The van der Waals surface area contributed by atoms with Crippen LogP contribution in [0.15, 0.2) is 52.9 Å². The van der Waals surface area contributed by atoms with Gasteiger partial charge >= 0.3 is 0 Å². The molecule has 0 unspecified atom stereocenters. The van der Waals surface area contributed by atoms with Crippen molar-refractivity contribution in [1.29, 1.82) is 0 Å². The predicted octanol–water partition coefficient (Wildman–Crippen LogP) is 4.35. The fraction of sp³-hybridized carbons (Fsp3) is 0.111. The Morgan fingerprint density at radius 3 is 2.52 bits per heavy atom. The van der Waals surface area contributed by atoms with Crippen LogP contribution in [0.4, 0.5) is 10.1 Å². The summed E-state index contributed by atoms with van der Waals surface area (Å²) in [6.45, 7) is 3.73. The zero-order chi connectivity index (χ0) is 16.4. The summed E-state index contributed by atoms with van der Waals surface area (Å²) in [5, 5.41) is 2.78. The van der Waals surface area contributed by atoms with Crippen molar-refractivity contribution in [3.05, 3.63) is 71.4 Å². The molecule has 0 spiro atoms. The molecule has 0 saturated heterocycles. The molecule has 0 aliphatic carbocycles. The molecule has 3 aromatic rings. The first kappa shape index (κ1) is 15.0. The molecule has 4 nitrogen and oxygen atoms in total. The smallest absolute Gasteiger partial charge is 0.255 e. The van der Waals surface area contributed by atoms with Crippen molar-refractivity contribution in [2.75, 3.05) is 5.32 Å². The maximum absolute atomic E-state index is 12.9. The normalized spacial score (nSPS) is 10.6. The van der Waals surface area contributed by atoms with Gasteiger partial charge in [0.15, 0.2) is 0 Å². The van der Waals surface area contributed by atoms with Gasteiger partial charge in [-0.25, -0.2) is 9.37 Å². The van der Waals surface area contributed by atoms with Crippen molar-refractivity contribution >= 4 is 11.6 Å². The number of anilines is 1. The lowest BCUT2D eigenvalue weighted by Gasteiger charge is -2.06. The van der Waals surface area contributed by atoms with Gasteiger partial charge in [-0.1, -0.05) is 6.07 Å². The van der Waals surface area contributed by atoms with E-state index in [0.717, 1.165) is 17.0 Å². The first-order valence-corrected chi connectivity index (χ1v) is 7.14. The van der Waals surface area contributed by atoms with E-state index in [1.54, 1.807) is 12.1 Å². The Kier molecular flexibility index (Phi) is 3.93. The molecule has 0 bridgehead atoms. The highest BCUT2D eigenvalue weighted by molar-refractivity contribution is 6.04. The van der Waals surface area contributed by atoms with E-state index in [1.807, 2.05) is 26.0 Å². The fourth-order valence-electron chi connectivity index (χ4n) is 2.13. The number of nitrogens with one attached hydrogen (secondary N) is 1. The van der Waals surface area contributed by atoms with Crippen LogP contribution in [0.3, 0.4) is 0 Å². The molecule has 3 rings (SSSR count). The number of aryl methyl sites for hydroxylation is 2. The summed E-state index contributed by atoms with van der Waals surface area (Å²) in [7, 11) is 0. The zero-order valence-corrected chi connectivity index (χ0v) is 12.8. The fourth-order valence-corrected chi connectivity index (χ4v) is 2.13. The summed E-state index contributed by atoms with van der Waals surface area (Å²) < 4.78 is 18.5. The molecule has 116 valence electrons. The number of nitrogens with zero attached hydrogens (tertiary/aromatic N) is 1. The Labute approximate surface area is 133 Å². The number of benzene rings is 2. The molecule has 1 heterocycles. The maximum Gasteiger partial charge on any atom is 0.255 e. The lowest BCUT2D eigenvalue weighted by Crippen LogP contribution is -2.11. The summed E-state index contributed by atoms with van der Waals surface area (Å²) in [4.78, 5) is 16.5. The summed E-state index contributed by atoms with van der Waals surface area (Å²) in [6.07, 6.45) is 0. The van der Waals surface area contributed by atoms with E-state index in [0.29, 0.717) is 17.1 Å². The number of hydrogen-bond acceptors (Lipinski definition) is 3. The van der Waals surface area contributed by atoms with Gasteiger partial charge in [-0.3, -0.25) is 4.79 Å². The second kappa shape index (κ2) is 6.04. The molecule has 1 amide bonds. The van der Waals surface area contributed by atoms with Gasteiger partial charge in [0.25, 0.3) is 5.91 Å². The highest BCUT2D eigenvalue weighted by Crippen LogP contribution is 2.24. The maximum atomic E-state index is 12.9. The molecule has 0 fully saturated rings. The Balaban J connectivity index is 1.82. The number of carbonyl (C=O) groups excluding carboxylic acids is 1. The molecule has 2 aromatic carbocycles.